The molecule has 29 heavy (non-hydrogen) atoms. The summed E-state index contributed by atoms with van der Waals surface area (Å²) in [6, 6.07) is 13.3. The smallest absolute Gasteiger partial charge is 0.244 e. The molecule has 0 unspecified atom stereocenters. The van der Waals surface area contributed by atoms with Gasteiger partial charge in [-0.15, -0.1) is 0 Å². The number of hydrogen-bond donors (Lipinski definition) is 0. The monoisotopic (exact) mass is 413 g/mol. The van der Waals surface area contributed by atoms with Crippen LogP contribution in [0.25, 0.3) is 0 Å². The molecule has 3 heterocycles. The van der Waals surface area contributed by atoms with Crippen LogP contribution in [0.2, 0.25) is 0 Å². The van der Waals surface area contributed by atoms with E-state index in [1.807, 2.05) is 23.1 Å². The van der Waals surface area contributed by atoms with Crippen LogP contribution in [-0.4, -0.2) is 48.1 Å². The second kappa shape index (κ2) is 8.24. The molecule has 2 fully saturated rings. The largest absolute Gasteiger partial charge is 0.338 e. The Morgan fingerprint density at radius 3 is 2.34 bits per heavy atom. The van der Waals surface area contributed by atoms with Gasteiger partial charge in [0.25, 0.3) is 0 Å². The Morgan fingerprint density at radius 1 is 0.931 bits per heavy atom. The van der Waals surface area contributed by atoms with Crippen LogP contribution in [0.5, 0.6) is 0 Å². The first-order valence-electron chi connectivity index (χ1n) is 10.2. The van der Waals surface area contributed by atoms with Crippen molar-refractivity contribution in [3.05, 3.63) is 60.4 Å². The minimum Gasteiger partial charge on any atom is -0.338 e. The van der Waals surface area contributed by atoms with E-state index in [0.29, 0.717) is 26.1 Å². The molecule has 0 radical (unpaired) electrons. The van der Waals surface area contributed by atoms with E-state index < -0.39 is 10.0 Å². The third-order valence-corrected chi connectivity index (χ3v) is 8.29. The zero-order valence-corrected chi connectivity index (χ0v) is 17.4. The lowest BCUT2D eigenvalue weighted by atomic mass is 9.73. The van der Waals surface area contributed by atoms with E-state index in [1.54, 1.807) is 22.6 Å². The van der Waals surface area contributed by atoms with E-state index in [0.717, 1.165) is 37.8 Å². The third kappa shape index (κ3) is 4.36. The number of carbonyl (C=O) groups excluding carboxylic acids is 1. The molecule has 1 amide bonds. The molecule has 0 N–H and O–H groups in total. The first-order valence-corrected chi connectivity index (χ1v) is 11.6. The molecular formula is C22H27N3O3S. The second-order valence-corrected chi connectivity index (χ2v) is 10.1. The fraction of sp³-hybridized carbons (Fsp3) is 0.455. The standard InChI is InChI=1S/C22H27N3O3S/c26-21-8-9-22(10-14-24(21)18-19-5-2-1-3-6-19)11-15-25(16-12-22)29(27,28)20-7-4-13-23-17-20/h1-7,13,17H,8-12,14-16,18H2. The highest BCUT2D eigenvalue weighted by Gasteiger charge is 2.40. The summed E-state index contributed by atoms with van der Waals surface area (Å²) in [6.07, 6.45) is 6.92. The molecular weight excluding hydrogens is 386 g/mol. The van der Waals surface area contributed by atoms with Crippen LogP contribution in [0.15, 0.2) is 59.8 Å². The molecule has 2 saturated heterocycles. The number of benzene rings is 1. The van der Waals surface area contributed by atoms with Gasteiger partial charge in [-0.2, -0.15) is 4.31 Å². The highest BCUT2D eigenvalue weighted by molar-refractivity contribution is 7.89. The Morgan fingerprint density at radius 2 is 1.66 bits per heavy atom. The van der Waals surface area contributed by atoms with Crippen molar-refractivity contribution in [3.8, 4) is 0 Å². The highest BCUT2D eigenvalue weighted by Crippen LogP contribution is 2.42. The summed E-state index contributed by atoms with van der Waals surface area (Å²) < 4.78 is 27.3. The Bertz CT molecular complexity index is 940. The van der Waals surface area contributed by atoms with Gasteiger partial charge in [0.1, 0.15) is 4.90 Å². The van der Waals surface area contributed by atoms with Gasteiger partial charge in [0.05, 0.1) is 0 Å². The zero-order valence-electron chi connectivity index (χ0n) is 16.5. The van der Waals surface area contributed by atoms with Crippen LogP contribution in [-0.2, 0) is 21.4 Å². The molecule has 0 bridgehead atoms. The van der Waals surface area contributed by atoms with Gasteiger partial charge in [-0.05, 0) is 48.8 Å². The van der Waals surface area contributed by atoms with Gasteiger partial charge in [0.15, 0.2) is 0 Å². The summed E-state index contributed by atoms with van der Waals surface area (Å²) in [5, 5.41) is 0. The van der Waals surface area contributed by atoms with E-state index >= 15 is 0 Å². The molecule has 2 aromatic rings. The maximum atomic E-state index is 12.9. The van der Waals surface area contributed by atoms with Crippen molar-refractivity contribution in [2.45, 2.75) is 43.5 Å². The van der Waals surface area contributed by atoms with E-state index in [1.165, 1.54) is 6.20 Å². The molecule has 1 spiro atoms. The van der Waals surface area contributed by atoms with Crippen molar-refractivity contribution in [3.63, 3.8) is 0 Å². The van der Waals surface area contributed by atoms with Crippen LogP contribution >= 0.6 is 0 Å². The first kappa shape index (κ1) is 20.0. The number of hydrogen-bond acceptors (Lipinski definition) is 4. The van der Waals surface area contributed by atoms with Crippen molar-refractivity contribution >= 4 is 15.9 Å². The maximum absolute atomic E-state index is 12.9. The van der Waals surface area contributed by atoms with E-state index in [2.05, 4.69) is 17.1 Å². The Kier molecular flexibility index (Phi) is 5.69. The number of nitrogens with zero attached hydrogens (tertiary/aromatic N) is 3. The maximum Gasteiger partial charge on any atom is 0.244 e. The molecule has 154 valence electrons. The topological polar surface area (TPSA) is 70.6 Å². The van der Waals surface area contributed by atoms with Crippen LogP contribution < -0.4 is 0 Å². The van der Waals surface area contributed by atoms with E-state index in [4.69, 9.17) is 0 Å². The lowest BCUT2D eigenvalue weighted by Crippen LogP contribution is -2.43. The van der Waals surface area contributed by atoms with Crippen molar-refractivity contribution in [2.75, 3.05) is 19.6 Å². The summed E-state index contributed by atoms with van der Waals surface area (Å²) in [6.45, 7) is 2.40. The summed E-state index contributed by atoms with van der Waals surface area (Å²) in [7, 11) is -3.50. The quantitative estimate of drug-likeness (QED) is 0.772. The number of carbonyl (C=O) groups is 1. The fourth-order valence-electron chi connectivity index (χ4n) is 4.47. The Hall–Kier alpha value is -2.25. The summed E-state index contributed by atoms with van der Waals surface area (Å²) in [5.74, 6) is 0.205. The van der Waals surface area contributed by atoms with Gasteiger partial charge < -0.3 is 4.90 Å². The van der Waals surface area contributed by atoms with Gasteiger partial charge in [0, 0.05) is 45.0 Å². The molecule has 0 saturated carbocycles. The molecule has 2 aliphatic heterocycles. The molecule has 7 heteroatoms. The molecule has 0 atom stereocenters. The minimum absolute atomic E-state index is 0.0576. The second-order valence-electron chi connectivity index (χ2n) is 8.14. The summed E-state index contributed by atoms with van der Waals surface area (Å²) in [4.78, 5) is 18.8. The number of aromatic nitrogens is 1. The van der Waals surface area contributed by atoms with E-state index in [9.17, 15) is 13.2 Å². The first-order chi connectivity index (χ1) is 14.0. The predicted octanol–water partition coefficient (Wildman–Crippen LogP) is 3.07. The lowest BCUT2D eigenvalue weighted by molar-refractivity contribution is -0.131. The molecule has 6 nitrogen and oxygen atoms in total. The van der Waals surface area contributed by atoms with Crippen molar-refractivity contribution < 1.29 is 13.2 Å². The van der Waals surface area contributed by atoms with Crippen LogP contribution in [0.4, 0.5) is 0 Å². The molecule has 0 aliphatic carbocycles. The molecule has 2 aliphatic rings. The normalized spacial score (nSPS) is 20.6. The Labute approximate surface area is 172 Å². The number of sulfonamides is 1. The summed E-state index contributed by atoms with van der Waals surface area (Å²) in [5.41, 5.74) is 1.20. The lowest BCUT2D eigenvalue weighted by Gasteiger charge is -2.40. The van der Waals surface area contributed by atoms with Gasteiger partial charge in [-0.25, -0.2) is 8.42 Å². The van der Waals surface area contributed by atoms with Crippen LogP contribution in [0.3, 0.4) is 0 Å². The zero-order chi connectivity index (χ0) is 20.3. The average molecular weight is 414 g/mol. The van der Waals surface area contributed by atoms with E-state index in [-0.39, 0.29) is 16.2 Å². The molecule has 1 aromatic carbocycles. The number of amides is 1. The van der Waals surface area contributed by atoms with Gasteiger partial charge in [-0.1, -0.05) is 30.3 Å². The predicted molar refractivity (Wildman–Crippen MR) is 110 cm³/mol. The average Bonchev–Trinajstić information content (AvgIpc) is 2.90. The number of rotatable bonds is 4. The van der Waals surface area contributed by atoms with Gasteiger partial charge >= 0.3 is 0 Å². The number of likely N-dealkylation sites (tertiary alicyclic amines) is 1. The number of piperidine rings is 1. The third-order valence-electron chi connectivity index (χ3n) is 6.41. The van der Waals surface area contributed by atoms with Crippen LogP contribution in [0.1, 0.15) is 37.7 Å². The highest BCUT2D eigenvalue weighted by atomic mass is 32.2. The molecule has 4 rings (SSSR count). The van der Waals surface area contributed by atoms with Crippen LogP contribution in [0, 0.1) is 5.41 Å². The fourth-order valence-corrected chi connectivity index (χ4v) is 5.88. The van der Waals surface area contributed by atoms with Crippen molar-refractivity contribution in [1.82, 2.24) is 14.2 Å². The van der Waals surface area contributed by atoms with Crippen molar-refractivity contribution in [1.29, 1.82) is 0 Å². The summed E-state index contributed by atoms with van der Waals surface area (Å²) >= 11 is 0. The van der Waals surface area contributed by atoms with Crippen molar-refractivity contribution in [2.24, 2.45) is 5.41 Å². The Balaban J connectivity index is 1.40. The van der Waals surface area contributed by atoms with Gasteiger partial charge in [0.2, 0.25) is 15.9 Å². The van der Waals surface area contributed by atoms with Gasteiger partial charge in [-0.3, -0.25) is 9.78 Å². The molecule has 1 aromatic heterocycles. The SMILES string of the molecule is O=C1CCC2(CCN1Cc1ccccc1)CCN(S(=O)(=O)c1cccnc1)CC2. The minimum atomic E-state index is -3.50. The number of pyridine rings is 1.